The van der Waals surface area contributed by atoms with Gasteiger partial charge in [0.1, 0.15) is 6.04 Å². The second-order valence-corrected chi connectivity index (χ2v) is 5.58. The summed E-state index contributed by atoms with van der Waals surface area (Å²) >= 11 is 0. The van der Waals surface area contributed by atoms with Crippen molar-refractivity contribution in [1.29, 1.82) is 0 Å². The first kappa shape index (κ1) is 16.5. The first-order valence-electron chi connectivity index (χ1n) is 7.82. The van der Waals surface area contributed by atoms with Crippen molar-refractivity contribution in [3.8, 4) is 0 Å². The van der Waals surface area contributed by atoms with Crippen LogP contribution in [-0.4, -0.2) is 41.1 Å². The summed E-state index contributed by atoms with van der Waals surface area (Å²) in [5.74, 6) is -0.969. The molecular weight excluding hydrogens is 282 g/mol. The Morgan fingerprint density at radius 3 is 2.73 bits per heavy atom. The van der Waals surface area contributed by atoms with Crippen molar-refractivity contribution in [2.24, 2.45) is 0 Å². The number of hydrogen-bond donors (Lipinski definition) is 1. The summed E-state index contributed by atoms with van der Waals surface area (Å²) < 4.78 is 5.54. The van der Waals surface area contributed by atoms with Gasteiger partial charge in [-0.2, -0.15) is 0 Å². The Kier molecular flexibility index (Phi) is 6.40. The van der Waals surface area contributed by atoms with E-state index in [4.69, 9.17) is 4.74 Å². The van der Waals surface area contributed by atoms with Gasteiger partial charge in [0.05, 0.1) is 6.61 Å². The van der Waals surface area contributed by atoms with Crippen molar-refractivity contribution in [2.45, 2.75) is 44.8 Å². The Hall–Kier alpha value is -1.88. The molecule has 1 fully saturated rings. The van der Waals surface area contributed by atoms with Crippen LogP contribution in [0.25, 0.3) is 0 Å². The molecule has 1 aromatic carbocycles. The number of nitrogens with zero attached hydrogens (tertiary/aromatic N) is 1. The zero-order valence-electron chi connectivity index (χ0n) is 12.7. The first-order chi connectivity index (χ1) is 10.7. The number of ether oxygens (including phenoxy) is 1. The van der Waals surface area contributed by atoms with E-state index in [1.807, 2.05) is 30.3 Å². The van der Waals surface area contributed by atoms with E-state index in [0.29, 0.717) is 39.0 Å². The molecule has 1 heterocycles. The molecular formula is C17H23NO4. The van der Waals surface area contributed by atoms with Crippen LogP contribution in [0.5, 0.6) is 0 Å². The van der Waals surface area contributed by atoms with Gasteiger partial charge in [-0.05, 0) is 31.2 Å². The Morgan fingerprint density at radius 1 is 1.23 bits per heavy atom. The summed E-state index contributed by atoms with van der Waals surface area (Å²) in [6, 6.07) is 9.23. The SMILES string of the molecule is O=C(O)[C@H]1CCCCN1C(=O)CCCOCc1ccccc1. The normalized spacial score (nSPS) is 18.2. The van der Waals surface area contributed by atoms with Crippen molar-refractivity contribution in [3.05, 3.63) is 35.9 Å². The highest BCUT2D eigenvalue weighted by atomic mass is 16.5. The van der Waals surface area contributed by atoms with Crippen LogP contribution in [-0.2, 0) is 20.9 Å². The minimum absolute atomic E-state index is 0.0737. The van der Waals surface area contributed by atoms with Crippen LogP contribution < -0.4 is 0 Å². The molecule has 1 N–H and O–H groups in total. The van der Waals surface area contributed by atoms with Gasteiger partial charge in [-0.15, -0.1) is 0 Å². The average Bonchev–Trinajstić information content (AvgIpc) is 2.55. The molecule has 0 spiro atoms. The number of benzene rings is 1. The Morgan fingerprint density at radius 2 is 2.00 bits per heavy atom. The number of hydrogen-bond acceptors (Lipinski definition) is 3. The van der Waals surface area contributed by atoms with Crippen molar-refractivity contribution >= 4 is 11.9 Å². The molecule has 1 aliphatic heterocycles. The molecule has 5 heteroatoms. The molecule has 1 amide bonds. The number of likely N-dealkylation sites (tertiary alicyclic amines) is 1. The number of rotatable bonds is 7. The van der Waals surface area contributed by atoms with Crippen LogP contribution in [0, 0.1) is 0 Å². The highest BCUT2D eigenvalue weighted by Gasteiger charge is 2.31. The maximum absolute atomic E-state index is 12.2. The van der Waals surface area contributed by atoms with Gasteiger partial charge in [-0.1, -0.05) is 30.3 Å². The molecule has 5 nitrogen and oxygen atoms in total. The minimum Gasteiger partial charge on any atom is -0.480 e. The Labute approximate surface area is 130 Å². The van der Waals surface area contributed by atoms with Gasteiger partial charge < -0.3 is 14.7 Å². The summed E-state index contributed by atoms with van der Waals surface area (Å²) in [7, 11) is 0. The number of carboxylic acids is 1. The van der Waals surface area contributed by atoms with Gasteiger partial charge in [0, 0.05) is 19.6 Å². The summed E-state index contributed by atoms with van der Waals surface area (Å²) in [5, 5.41) is 9.17. The van der Waals surface area contributed by atoms with Crippen LogP contribution in [0.3, 0.4) is 0 Å². The predicted molar refractivity (Wildman–Crippen MR) is 82.3 cm³/mol. The molecule has 0 unspecified atom stereocenters. The average molecular weight is 305 g/mol. The van der Waals surface area contributed by atoms with Crippen molar-refractivity contribution in [3.63, 3.8) is 0 Å². The predicted octanol–water partition coefficient (Wildman–Crippen LogP) is 2.45. The van der Waals surface area contributed by atoms with Crippen molar-refractivity contribution in [2.75, 3.05) is 13.2 Å². The fourth-order valence-corrected chi connectivity index (χ4v) is 2.72. The van der Waals surface area contributed by atoms with E-state index in [-0.39, 0.29) is 5.91 Å². The van der Waals surface area contributed by atoms with E-state index in [9.17, 15) is 14.7 Å². The summed E-state index contributed by atoms with van der Waals surface area (Å²) in [6.45, 7) is 1.60. The smallest absolute Gasteiger partial charge is 0.326 e. The maximum Gasteiger partial charge on any atom is 0.326 e. The molecule has 1 atom stereocenters. The molecule has 2 rings (SSSR count). The fraction of sp³-hybridized carbons (Fsp3) is 0.529. The highest BCUT2D eigenvalue weighted by Crippen LogP contribution is 2.18. The largest absolute Gasteiger partial charge is 0.480 e. The van der Waals surface area contributed by atoms with E-state index < -0.39 is 12.0 Å². The van der Waals surface area contributed by atoms with Crippen LogP contribution in [0.4, 0.5) is 0 Å². The molecule has 0 aromatic heterocycles. The topological polar surface area (TPSA) is 66.8 Å². The summed E-state index contributed by atoms with van der Waals surface area (Å²) in [4.78, 5) is 24.9. The fourth-order valence-electron chi connectivity index (χ4n) is 2.72. The molecule has 1 aromatic rings. The third-order valence-electron chi connectivity index (χ3n) is 3.90. The lowest BCUT2D eigenvalue weighted by molar-refractivity contribution is -0.152. The van der Waals surface area contributed by atoms with E-state index in [1.54, 1.807) is 0 Å². The zero-order valence-corrected chi connectivity index (χ0v) is 12.7. The van der Waals surface area contributed by atoms with Crippen LogP contribution in [0.15, 0.2) is 30.3 Å². The minimum atomic E-state index is -0.895. The number of carboxylic acid groups (broad SMARTS) is 1. The van der Waals surface area contributed by atoms with Crippen LogP contribution in [0.2, 0.25) is 0 Å². The van der Waals surface area contributed by atoms with Gasteiger partial charge in [0.25, 0.3) is 0 Å². The quantitative estimate of drug-likeness (QED) is 0.786. The van der Waals surface area contributed by atoms with Crippen LogP contribution >= 0.6 is 0 Å². The first-order valence-corrected chi connectivity index (χ1v) is 7.82. The maximum atomic E-state index is 12.2. The number of carbonyl (C=O) groups excluding carboxylic acids is 1. The van der Waals surface area contributed by atoms with E-state index in [0.717, 1.165) is 18.4 Å². The van der Waals surface area contributed by atoms with Gasteiger partial charge in [0.15, 0.2) is 0 Å². The van der Waals surface area contributed by atoms with Gasteiger partial charge in [0.2, 0.25) is 5.91 Å². The molecule has 1 aliphatic rings. The number of aliphatic carboxylic acids is 1. The van der Waals surface area contributed by atoms with Gasteiger partial charge >= 0.3 is 5.97 Å². The van der Waals surface area contributed by atoms with Gasteiger partial charge in [-0.25, -0.2) is 4.79 Å². The molecule has 0 aliphatic carbocycles. The number of piperidine rings is 1. The van der Waals surface area contributed by atoms with E-state index >= 15 is 0 Å². The number of carbonyl (C=O) groups is 2. The van der Waals surface area contributed by atoms with Gasteiger partial charge in [-0.3, -0.25) is 4.79 Å². The molecule has 0 bridgehead atoms. The second-order valence-electron chi connectivity index (χ2n) is 5.58. The number of amides is 1. The third kappa shape index (κ3) is 4.84. The highest BCUT2D eigenvalue weighted by molar-refractivity contribution is 5.83. The molecule has 1 saturated heterocycles. The van der Waals surface area contributed by atoms with Crippen LogP contribution in [0.1, 0.15) is 37.7 Å². The zero-order chi connectivity index (χ0) is 15.8. The summed E-state index contributed by atoms with van der Waals surface area (Å²) in [5.41, 5.74) is 1.11. The lowest BCUT2D eigenvalue weighted by Gasteiger charge is -2.33. The molecule has 0 radical (unpaired) electrons. The van der Waals surface area contributed by atoms with E-state index in [1.165, 1.54) is 4.90 Å². The van der Waals surface area contributed by atoms with E-state index in [2.05, 4.69) is 0 Å². The van der Waals surface area contributed by atoms with Crippen molar-refractivity contribution in [1.82, 2.24) is 4.90 Å². The Bertz CT molecular complexity index is 489. The molecule has 120 valence electrons. The van der Waals surface area contributed by atoms with Crippen molar-refractivity contribution < 1.29 is 19.4 Å². The Balaban J connectivity index is 1.67. The standard InChI is InChI=1S/C17H23NO4/c19-16(18-11-5-4-9-15(18)17(20)21)10-6-12-22-13-14-7-2-1-3-8-14/h1-3,7-8,15H,4-6,9-13H2,(H,20,21)/t15-/m1/s1. The monoisotopic (exact) mass is 305 g/mol. The lowest BCUT2D eigenvalue weighted by Crippen LogP contribution is -2.47. The molecule has 22 heavy (non-hydrogen) atoms. The lowest BCUT2D eigenvalue weighted by atomic mass is 10.0. The molecule has 0 saturated carbocycles. The second kappa shape index (κ2) is 8.54. The third-order valence-corrected chi connectivity index (χ3v) is 3.90. The summed E-state index contributed by atoms with van der Waals surface area (Å²) in [6.07, 6.45) is 3.29.